The van der Waals surface area contributed by atoms with Crippen LogP contribution >= 0.6 is 22.9 Å². The van der Waals surface area contributed by atoms with Crippen molar-refractivity contribution in [1.82, 2.24) is 4.98 Å². The van der Waals surface area contributed by atoms with Crippen LogP contribution in [0.1, 0.15) is 5.56 Å². The number of nitrogens with two attached hydrogens (primary N) is 1. The molecule has 0 radical (unpaired) electrons. The molecule has 0 aliphatic heterocycles. The second-order valence-electron chi connectivity index (χ2n) is 2.93. The van der Waals surface area contributed by atoms with Gasteiger partial charge >= 0.3 is 0 Å². The summed E-state index contributed by atoms with van der Waals surface area (Å²) in [5.74, 6) is -0.461. The van der Waals surface area contributed by atoms with Gasteiger partial charge in [0.15, 0.2) is 4.47 Å². The standard InChI is InChI=1S/C10H7ClN2OS/c11-10-13-7-3-1-6(2-4-9(12)14)5-8(7)15-10/h1-5H,(H2,12,14). The molecule has 1 aromatic heterocycles. The highest BCUT2D eigenvalue weighted by atomic mass is 35.5. The van der Waals surface area contributed by atoms with Crippen molar-refractivity contribution in [2.45, 2.75) is 0 Å². The van der Waals surface area contributed by atoms with E-state index >= 15 is 0 Å². The van der Waals surface area contributed by atoms with Gasteiger partial charge in [0.25, 0.3) is 0 Å². The monoisotopic (exact) mass is 238 g/mol. The molecule has 0 fully saturated rings. The van der Waals surface area contributed by atoms with E-state index < -0.39 is 5.91 Å². The summed E-state index contributed by atoms with van der Waals surface area (Å²) in [4.78, 5) is 14.7. The third-order valence-electron chi connectivity index (χ3n) is 1.83. The summed E-state index contributed by atoms with van der Waals surface area (Å²) >= 11 is 7.18. The molecule has 0 aliphatic carbocycles. The lowest BCUT2D eigenvalue weighted by molar-refractivity contribution is -0.113. The van der Waals surface area contributed by atoms with Gasteiger partial charge in [-0.3, -0.25) is 4.79 Å². The van der Waals surface area contributed by atoms with Crippen LogP contribution in [0.2, 0.25) is 4.47 Å². The van der Waals surface area contributed by atoms with Crippen LogP contribution in [0.15, 0.2) is 24.3 Å². The highest BCUT2D eigenvalue weighted by Gasteiger charge is 2.01. The highest BCUT2D eigenvalue weighted by Crippen LogP contribution is 2.26. The van der Waals surface area contributed by atoms with Crippen molar-refractivity contribution in [3.8, 4) is 0 Å². The first-order valence-electron chi connectivity index (χ1n) is 4.19. The molecule has 1 heterocycles. The molecule has 15 heavy (non-hydrogen) atoms. The van der Waals surface area contributed by atoms with Gasteiger partial charge in [-0.15, -0.1) is 11.3 Å². The average molecular weight is 239 g/mol. The molecule has 0 saturated carbocycles. The van der Waals surface area contributed by atoms with Crippen LogP contribution in [0, 0.1) is 0 Å². The molecule has 0 saturated heterocycles. The van der Waals surface area contributed by atoms with Crippen molar-refractivity contribution in [1.29, 1.82) is 0 Å². The smallest absolute Gasteiger partial charge is 0.241 e. The Hall–Kier alpha value is -1.39. The molecule has 0 aliphatic rings. The number of halogens is 1. The Labute approximate surface area is 95.2 Å². The van der Waals surface area contributed by atoms with Crippen LogP contribution < -0.4 is 5.73 Å². The molecule has 3 nitrogen and oxygen atoms in total. The summed E-state index contributed by atoms with van der Waals surface area (Å²) in [5, 5.41) is 0. The lowest BCUT2D eigenvalue weighted by Gasteiger charge is -1.91. The summed E-state index contributed by atoms with van der Waals surface area (Å²) in [6.07, 6.45) is 2.99. The van der Waals surface area contributed by atoms with E-state index in [0.717, 1.165) is 15.8 Å². The predicted molar refractivity (Wildman–Crippen MR) is 62.9 cm³/mol. The first-order valence-corrected chi connectivity index (χ1v) is 5.38. The second-order valence-corrected chi connectivity index (χ2v) is 4.54. The van der Waals surface area contributed by atoms with Gasteiger partial charge in [-0.05, 0) is 23.8 Å². The molecule has 0 bridgehead atoms. The molecule has 0 atom stereocenters. The topological polar surface area (TPSA) is 56.0 Å². The minimum absolute atomic E-state index is 0.461. The summed E-state index contributed by atoms with van der Waals surface area (Å²) in [6, 6.07) is 5.63. The van der Waals surface area contributed by atoms with Crippen LogP contribution in [-0.2, 0) is 4.79 Å². The fourth-order valence-electron chi connectivity index (χ4n) is 1.20. The Morgan fingerprint density at radius 3 is 3.07 bits per heavy atom. The molecule has 1 amide bonds. The van der Waals surface area contributed by atoms with Gasteiger partial charge in [0.05, 0.1) is 10.2 Å². The van der Waals surface area contributed by atoms with Crippen LogP contribution in [0.3, 0.4) is 0 Å². The van der Waals surface area contributed by atoms with E-state index in [9.17, 15) is 4.79 Å². The molecule has 0 spiro atoms. The van der Waals surface area contributed by atoms with E-state index in [0.29, 0.717) is 4.47 Å². The molecule has 76 valence electrons. The fourth-order valence-corrected chi connectivity index (χ4v) is 2.27. The van der Waals surface area contributed by atoms with Gasteiger partial charge in [-0.2, -0.15) is 0 Å². The van der Waals surface area contributed by atoms with E-state index in [1.165, 1.54) is 17.4 Å². The van der Waals surface area contributed by atoms with Crippen LogP contribution in [0.4, 0.5) is 0 Å². The fraction of sp³-hybridized carbons (Fsp3) is 0. The van der Waals surface area contributed by atoms with Gasteiger partial charge < -0.3 is 5.73 Å². The number of amides is 1. The number of carbonyl (C=O) groups excluding carboxylic acids is 1. The molecular weight excluding hydrogens is 232 g/mol. The first-order chi connectivity index (χ1) is 7.15. The van der Waals surface area contributed by atoms with Gasteiger partial charge in [-0.25, -0.2) is 4.98 Å². The maximum atomic E-state index is 10.5. The van der Waals surface area contributed by atoms with Crippen molar-refractivity contribution >= 4 is 45.1 Å². The molecule has 2 rings (SSSR count). The van der Waals surface area contributed by atoms with Crippen LogP contribution in [0.25, 0.3) is 16.3 Å². The number of benzene rings is 1. The normalized spacial score (nSPS) is 11.3. The third-order valence-corrected chi connectivity index (χ3v) is 2.95. The third kappa shape index (κ3) is 2.34. The number of hydrogen-bond donors (Lipinski definition) is 1. The van der Waals surface area contributed by atoms with E-state index in [2.05, 4.69) is 4.98 Å². The van der Waals surface area contributed by atoms with Crippen molar-refractivity contribution in [2.75, 3.05) is 0 Å². The zero-order valence-electron chi connectivity index (χ0n) is 7.61. The zero-order valence-corrected chi connectivity index (χ0v) is 9.18. The van der Waals surface area contributed by atoms with Crippen LogP contribution in [0.5, 0.6) is 0 Å². The zero-order chi connectivity index (χ0) is 10.8. The summed E-state index contributed by atoms with van der Waals surface area (Å²) in [7, 11) is 0. The molecule has 2 N–H and O–H groups in total. The Morgan fingerprint density at radius 1 is 1.53 bits per heavy atom. The first kappa shape index (κ1) is 10.1. The van der Waals surface area contributed by atoms with E-state index in [1.54, 1.807) is 6.08 Å². The number of primary amides is 1. The van der Waals surface area contributed by atoms with E-state index in [1.807, 2.05) is 18.2 Å². The van der Waals surface area contributed by atoms with Gasteiger partial charge in [0, 0.05) is 6.08 Å². The lowest BCUT2D eigenvalue weighted by atomic mass is 10.2. The number of aromatic nitrogens is 1. The Morgan fingerprint density at radius 2 is 2.33 bits per heavy atom. The number of carbonyl (C=O) groups is 1. The van der Waals surface area contributed by atoms with Crippen molar-refractivity contribution in [3.63, 3.8) is 0 Å². The SMILES string of the molecule is NC(=O)C=Cc1ccc2nc(Cl)sc2c1. The van der Waals surface area contributed by atoms with Crippen molar-refractivity contribution in [2.24, 2.45) is 5.73 Å². The summed E-state index contributed by atoms with van der Waals surface area (Å²) < 4.78 is 1.51. The second kappa shape index (κ2) is 4.00. The largest absolute Gasteiger partial charge is 0.366 e. The summed E-state index contributed by atoms with van der Waals surface area (Å²) in [6.45, 7) is 0. The summed E-state index contributed by atoms with van der Waals surface area (Å²) in [5.41, 5.74) is 6.77. The quantitative estimate of drug-likeness (QED) is 0.817. The van der Waals surface area contributed by atoms with E-state index in [-0.39, 0.29) is 0 Å². The van der Waals surface area contributed by atoms with Gasteiger partial charge in [0.1, 0.15) is 0 Å². The molecule has 0 unspecified atom stereocenters. The number of fused-ring (bicyclic) bond motifs is 1. The Bertz CT molecular complexity index is 547. The average Bonchev–Trinajstić information content (AvgIpc) is 2.53. The van der Waals surface area contributed by atoms with Crippen LogP contribution in [-0.4, -0.2) is 10.9 Å². The van der Waals surface area contributed by atoms with Gasteiger partial charge in [-0.1, -0.05) is 17.7 Å². The molecule has 5 heteroatoms. The maximum absolute atomic E-state index is 10.5. The number of nitrogens with zero attached hydrogens (tertiary/aromatic N) is 1. The maximum Gasteiger partial charge on any atom is 0.241 e. The van der Waals surface area contributed by atoms with Gasteiger partial charge in [0.2, 0.25) is 5.91 Å². The minimum atomic E-state index is -0.461. The van der Waals surface area contributed by atoms with Crippen molar-refractivity contribution < 1.29 is 4.79 Å². The van der Waals surface area contributed by atoms with E-state index in [4.69, 9.17) is 17.3 Å². The number of rotatable bonds is 2. The number of hydrogen-bond acceptors (Lipinski definition) is 3. The Balaban J connectivity index is 2.42. The Kier molecular flexibility index (Phi) is 2.70. The van der Waals surface area contributed by atoms with Crippen molar-refractivity contribution in [3.05, 3.63) is 34.3 Å². The number of thiazole rings is 1. The lowest BCUT2D eigenvalue weighted by Crippen LogP contribution is -2.04. The predicted octanol–water partition coefficient (Wildman–Crippen LogP) is 2.45. The minimum Gasteiger partial charge on any atom is -0.366 e. The molecule has 1 aromatic carbocycles. The molecular formula is C10H7ClN2OS. The molecule has 2 aromatic rings. The highest BCUT2D eigenvalue weighted by molar-refractivity contribution is 7.22.